The van der Waals surface area contributed by atoms with Crippen LogP contribution < -0.4 is 0 Å². The molecule has 7 heteroatoms. The summed E-state index contributed by atoms with van der Waals surface area (Å²) in [4.78, 5) is 36.2. The van der Waals surface area contributed by atoms with Crippen molar-refractivity contribution in [3.05, 3.63) is 95.1 Å². The zero-order valence-electron chi connectivity index (χ0n) is 23.9. The maximum absolute atomic E-state index is 13.5. The fraction of sp³-hybridized carbons (Fsp3) is 0.412. The second-order valence-corrected chi connectivity index (χ2v) is 11.5. The van der Waals surface area contributed by atoms with Gasteiger partial charge in [0.2, 0.25) is 5.91 Å². The molecule has 4 rings (SSSR count). The summed E-state index contributed by atoms with van der Waals surface area (Å²) in [5, 5.41) is 9.69. The predicted molar refractivity (Wildman–Crippen MR) is 168 cm³/mol. The first-order chi connectivity index (χ1) is 19.8. The Labute approximate surface area is 248 Å². The van der Waals surface area contributed by atoms with E-state index in [0.29, 0.717) is 48.9 Å². The van der Waals surface area contributed by atoms with E-state index in [9.17, 15) is 9.59 Å². The van der Waals surface area contributed by atoms with Gasteiger partial charge in [0.15, 0.2) is 0 Å². The first kappa shape index (κ1) is 30.4. The third-order valence-electron chi connectivity index (χ3n) is 8.15. The molecular weight excluding hydrogens is 534 g/mol. The Morgan fingerprint density at radius 1 is 1.15 bits per heavy atom. The second kappa shape index (κ2) is 14.4. The first-order valence-corrected chi connectivity index (χ1v) is 14.9. The van der Waals surface area contributed by atoms with Crippen molar-refractivity contribution in [3.63, 3.8) is 0 Å². The van der Waals surface area contributed by atoms with Crippen molar-refractivity contribution in [1.29, 1.82) is 0 Å². The fourth-order valence-corrected chi connectivity index (χ4v) is 5.96. The summed E-state index contributed by atoms with van der Waals surface area (Å²) in [5.74, 6) is -0.0689. The number of halogens is 1. The molecule has 0 bridgehead atoms. The van der Waals surface area contributed by atoms with E-state index in [-0.39, 0.29) is 17.7 Å². The Hall–Kier alpha value is -3.51. The summed E-state index contributed by atoms with van der Waals surface area (Å²) in [6.07, 6.45) is 19.6. The van der Waals surface area contributed by atoms with Crippen molar-refractivity contribution in [1.82, 2.24) is 4.90 Å². The van der Waals surface area contributed by atoms with E-state index in [1.54, 1.807) is 6.08 Å². The van der Waals surface area contributed by atoms with Crippen LogP contribution in [-0.2, 0) is 9.59 Å². The Balaban J connectivity index is 1.49. The molecule has 0 radical (unpaired) electrons. The molecule has 1 saturated heterocycles. The van der Waals surface area contributed by atoms with Gasteiger partial charge in [-0.25, -0.2) is 0 Å². The van der Waals surface area contributed by atoms with E-state index in [4.69, 9.17) is 26.7 Å². The molecule has 2 atom stereocenters. The van der Waals surface area contributed by atoms with Gasteiger partial charge in [-0.3, -0.25) is 19.6 Å². The molecule has 2 fully saturated rings. The number of piperidine rings is 1. The van der Waals surface area contributed by atoms with Crippen molar-refractivity contribution < 1.29 is 14.7 Å². The van der Waals surface area contributed by atoms with Gasteiger partial charge >= 0.3 is 5.97 Å². The van der Waals surface area contributed by atoms with Gasteiger partial charge in [-0.1, -0.05) is 66.3 Å². The average molecular weight is 574 g/mol. The topological polar surface area (TPSA) is 82.3 Å². The Morgan fingerprint density at radius 3 is 2.68 bits per heavy atom. The lowest BCUT2D eigenvalue weighted by Crippen LogP contribution is -2.42. The minimum Gasteiger partial charge on any atom is -0.481 e. The number of carbonyl (C=O) groups is 2. The highest BCUT2D eigenvalue weighted by Gasteiger charge is 2.58. The first-order valence-electron chi connectivity index (χ1n) is 14.5. The number of likely N-dealkylation sites (tertiary alicyclic amines) is 1. The van der Waals surface area contributed by atoms with Gasteiger partial charge < -0.3 is 10.0 Å². The molecule has 6 nitrogen and oxygen atoms in total. The van der Waals surface area contributed by atoms with E-state index >= 15 is 0 Å². The molecule has 0 spiro atoms. The smallest absolute Gasteiger partial charge is 0.303 e. The van der Waals surface area contributed by atoms with E-state index in [1.807, 2.05) is 42.2 Å². The molecule has 216 valence electrons. The lowest BCUT2D eigenvalue weighted by Gasteiger charge is -2.34. The largest absolute Gasteiger partial charge is 0.481 e. The molecule has 1 heterocycles. The molecule has 1 aliphatic heterocycles. The number of hydrogen-bond donors (Lipinski definition) is 1. The molecule has 0 aromatic heterocycles. The molecule has 2 unspecified atom stereocenters. The zero-order chi connectivity index (χ0) is 29.2. The maximum atomic E-state index is 13.5. The van der Waals surface area contributed by atoms with E-state index in [0.717, 1.165) is 49.3 Å². The van der Waals surface area contributed by atoms with Crippen LogP contribution in [0.4, 0.5) is 0 Å². The van der Waals surface area contributed by atoms with Gasteiger partial charge in [0.1, 0.15) is 0 Å². The number of aliphatic carboxylic acids is 1. The van der Waals surface area contributed by atoms with Gasteiger partial charge in [0.05, 0.1) is 24.5 Å². The van der Waals surface area contributed by atoms with Crippen molar-refractivity contribution >= 4 is 34.9 Å². The van der Waals surface area contributed by atoms with Crippen LogP contribution in [-0.4, -0.2) is 59.5 Å². The number of carboxylic acid groups (broad SMARTS) is 1. The molecule has 1 saturated carbocycles. The van der Waals surface area contributed by atoms with E-state index in [1.165, 1.54) is 5.57 Å². The van der Waals surface area contributed by atoms with Gasteiger partial charge in [-0.2, -0.15) is 0 Å². The van der Waals surface area contributed by atoms with Crippen molar-refractivity contribution in [2.24, 2.45) is 21.3 Å². The third-order valence-corrected chi connectivity index (χ3v) is 8.40. The van der Waals surface area contributed by atoms with Crippen LogP contribution in [0.2, 0.25) is 5.02 Å². The lowest BCUT2D eigenvalue weighted by atomic mass is 9.87. The Bertz CT molecular complexity index is 1320. The number of rotatable bonds is 13. The van der Waals surface area contributed by atoms with Gasteiger partial charge in [0, 0.05) is 41.1 Å². The van der Waals surface area contributed by atoms with Crippen LogP contribution >= 0.6 is 11.6 Å². The zero-order valence-corrected chi connectivity index (χ0v) is 24.7. The number of benzene rings is 1. The van der Waals surface area contributed by atoms with Crippen LogP contribution in [0, 0.1) is 11.3 Å². The van der Waals surface area contributed by atoms with E-state index < -0.39 is 5.97 Å². The number of aliphatic imine (C=N–C) groups is 2. The minimum atomic E-state index is -0.807. The minimum absolute atomic E-state index is 0.0718. The van der Waals surface area contributed by atoms with Crippen molar-refractivity contribution in [2.45, 2.75) is 51.9 Å². The molecule has 1 aromatic carbocycles. The lowest BCUT2D eigenvalue weighted by molar-refractivity contribution is -0.137. The normalized spacial score (nSPS) is 22.6. The molecule has 1 N–H and O–H groups in total. The number of amides is 1. The monoisotopic (exact) mass is 573 g/mol. The summed E-state index contributed by atoms with van der Waals surface area (Å²) in [5.41, 5.74) is 4.58. The van der Waals surface area contributed by atoms with Gasteiger partial charge in [-0.05, 0) is 69.1 Å². The highest BCUT2D eigenvalue weighted by atomic mass is 35.5. The van der Waals surface area contributed by atoms with Crippen LogP contribution in [0.25, 0.3) is 0 Å². The van der Waals surface area contributed by atoms with Crippen LogP contribution in [0.1, 0.15) is 57.4 Å². The van der Waals surface area contributed by atoms with Crippen LogP contribution in [0.5, 0.6) is 0 Å². The fourth-order valence-electron chi connectivity index (χ4n) is 5.83. The van der Waals surface area contributed by atoms with Gasteiger partial charge in [0.25, 0.3) is 0 Å². The van der Waals surface area contributed by atoms with Gasteiger partial charge in [-0.15, -0.1) is 6.58 Å². The summed E-state index contributed by atoms with van der Waals surface area (Å²) in [6.45, 7) is 8.00. The predicted octanol–water partition coefficient (Wildman–Crippen LogP) is 7.03. The number of hydrogen-bond acceptors (Lipinski definition) is 4. The Kier molecular flexibility index (Phi) is 10.7. The standard InChI is InChI=1S/C34H40ClN3O3/c1-3-20-37-32(26-14-16-29(35)17-15-26)30(12-8-9-13-31(39)40)36-21-18-25(2)33(41)38-22-19-28-23-34(28,24-38)27-10-6-4-5-7-11-27/h3-6,10-11,14-18,28H,1,7-9,12-13,19-24H2,2H3,(H,39,40)/b25-18+,36-30-,37-32-. The molecular formula is C34H40ClN3O3. The molecule has 41 heavy (non-hydrogen) atoms. The number of carbonyl (C=O) groups excluding carboxylic acids is 1. The summed E-state index contributed by atoms with van der Waals surface area (Å²) >= 11 is 6.12. The highest BCUT2D eigenvalue weighted by molar-refractivity contribution is 6.48. The van der Waals surface area contributed by atoms with Crippen molar-refractivity contribution in [2.75, 3.05) is 26.2 Å². The number of unbranched alkanes of at least 4 members (excludes halogenated alkanes) is 1. The molecule has 3 aliphatic rings. The summed E-state index contributed by atoms with van der Waals surface area (Å²) in [6, 6.07) is 7.46. The molecule has 1 aromatic rings. The second-order valence-electron chi connectivity index (χ2n) is 11.0. The number of fused-ring (bicyclic) bond motifs is 1. The SMILES string of the molecule is C=CC/N=C(\C(CCCCC(=O)O)=N/C/C=C(\C)C(=O)N1CCC2CC2(C2=CCC=CC=C2)C1)c1ccc(Cl)cc1. The summed E-state index contributed by atoms with van der Waals surface area (Å²) < 4.78 is 0. The summed E-state index contributed by atoms with van der Waals surface area (Å²) in [7, 11) is 0. The highest BCUT2D eigenvalue weighted by Crippen LogP contribution is 2.62. The average Bonchev–Trinajstić information content (AvgIpc) is 3.75. The number of carboxylic acids is 1. The quantitative estimate of drug-likeness (QED) is 0.119. The maximum Gasteiger partial charge on any atom is 0.303 e. The van der Waals surface area contributed by atoms with Crippen LogP contribution in [0.15, 0.2) is 94.5 Å². The molecule has 2 aliphatic carbocycles. The van der Waals surface area contributed by atoms with Crippen LogP contribution in [0.3, 0.4) is 0 Å². The number of allylic oxidation sites excluding steroid dienone is 5. The number of nitrogens with zero attached hydrogens (tertiary/aromatic N) is 3. The van der Waals surface area contributed by atoms with Crippen molar-refractivity contribution in [3.8, 4) is 0 Å². The third kappa shape index (κ3) is 8.04. The molecule has 1 amide bonds. The van der Waals surface area contributed by atoms with E-state index in [2.05, 4.69) is 37.0 Å². The Morgan fingerprint density at radius 2 is 1.93 bits per heavy atom.